The van der Waals surface area contributed by atoms with Crippen molar-refractivity contribution in [1.82, 2.24) is 19.5 Å². The van der Waals surface area contributed by atoms with E-state index in [-0.39, 0.29) is 0 Å². The monoisotopic (exact) mass is 461 g/mol. The molecule has 136 valence electrons. The van der Waals surface area contributed by atoms with Gasteiger partial charge in [-0.2, -0.15) is 0 Å². The minimum absolute atomic E-state index is 0.348. The Balaban J connectivity index is 1.71. The molecule has 0 unspecified atom stereocenters. The van der Waals surface area contributed by atoms with Crippen LogP contribution in [0.5, 0.6) is 0 Å². The van der Waals surface area contributed by atoms with Gasteiger partial charge in [0.1, 0.15) is 5.82 Å². The Hall–Kier alpha value is -2.15. The van der Waals surface area contributed by atoms with Gasteiger partial charge in [-0.3, -0.25) is 0 Å². The third kappa shape index (κ3) is 3.78. The molecule has 2 N–H and O–H groups in total. The first-order chi connectivity index (χ1) is 13.0. The largest absolute Gasteiger partial charge is 0.382 e. The first-order valence-corrected chi connectivity index (χ1v) is 9.70. The summed E-state index contributed by atoms with van der Waals surface area (Å²) in [5, 5.41) is 1.18. The highest BCUT2D eigenvalue weighted by Crippen LogP contribution is 2.29. The van der Waals surface area contributed by atoms with Gasteiger partial charge in [0.15, 0.2) is 17.3 Å². The molecule has 2 aliphatic heterocycles. The van der Waals surface area contributed by atoms with Gasteiger partial charge in [0.05, 0.1) is 12.9 Å². The van der Waals surface area contributed by atoms with Gasteiger partial charge in [-0.25, -0.2) is 15.0 Å². The molecule has 8 heteroatoms. The zero-order chi connectivity index (χ0) is 19.0. The molecule has 0 spiro atoms. The van der Waals surface area contributed by atoms with Crippen LogP contribution in [0.15, 0.2) is 53.3 Å². The van der Waals surface area contributed by atoms with Crippen LogP contribution in [0.1, 0.15) is 17.0 Å². The molecule has 0 radical (unpaired) electrons. The zero-order valence-electron chi connectivity index (χ0n) is 14.0. The summed E-state index contributed by atoms with van der Waals surface area (Å²) < 4.78 is 2.89. The Labute approximate surface area is 174 Å². The van der Waals surface area contributed by atoms with Crippen LogP contribution in [0, 0.1) is 0 Å². The van der Waals surface area contributed by atoms with Gasteiger partial charge >= 0.3 is 0 Å². The van der Waals surface area contributed by atoms with Crippen LogP contribution in [0.3, 0.4) is 0 Å². The standard InChI is InChI=1S/C19H14BrCl2N5/c20-12-6-4-11(5-7-12)8-16-25-17-18(23)24-10-27(19(17)26-16)9-13-14(21)2-1-3-15(13)22/h1-7,10H,8-9,23H2. The van der Waals surface area contributed by atoms with Crippen LogP contribution < -0.4 is 5.73 Å². The molecular weight excluding hydrogens is 449 g/mol. The molecule has 0 fully saturated rings. The number of aromatic nitrogens is 4. The van der Waals surface area contributed by atoms with E-state index in [1.165, 1.54) is 0 Å². The first-order valence-electron chi connectivity index (χ1n) is 8.16. The number of nitrogens with two attached hydrogens (primary N) is 1. The quantitative estimate of drug-likeness (QED) is 0.459. The molecule has 27 heavy (non-hydrogen) atoms. The third-order valence-corrected chi connectivity index (χ3v) is 5.44. The number of benzene rings is 2. The van der Waals surface area contributed by atoms with Crippen LogP contribution in [0.25, 0.3) is 11.5 Å². The third-order valence-electron chi connectivity index (χ3n) is 4.20. The van der Waals surface area contributed by atoms with Crippen molar-refractivity contribution >= 4 is 44.9 Å². The van der Waals surface area contributed by atoms with Gasteiger partial charge in [0.2, 0.25) is 0 Å². The molecule has 0 aromatic heterocycles. The van der Waals surface area contributed by atoms with Crippen LogP contribution >= 0.6 is 39.1 Å². The Bertz CT molecular complexity index is 1060. The molecule has 0 bridgehead atoms. The number of hydrogen-bond acceptors (Lipinski definition) is 4. The van der Waals surface area contributed by atoms with Crippen molar-refractivity contribution in [2.75, 3.05) is 5.73 Å². The molecule has 5 nitrogen and oxygen atoms in total. The number of hydrogen-bond donors (Lipinski definition) is 1. The fraction of sp³-hybridized carbons (Fsp3) is 0.105. The summed E-state index contributed by atoms with van der Waals surface area (Å²) in [5.41, 5.74) is 8.51. The van der Waals surface area contributed by atoms with Gasteiger partial charge in [0.25, 0.3) is 0 Å². The maximum atomic E-state index is 6.30. The number of fused-ring (bicyclic) bond motifs is 1. The van der Waals surface area contributed by atoms with E-state index in [1.54, 1.807) is 18.5 Å². The van der Waals surface area contributed by atoms with Crippen molar-refractivity contribution in [3.63, 3.8) is 0 Å². The molecule has 4 rings (SSSR count). The summed E-state index contributed by atoms with van der Waals surface area (Å²) in [6, 6.07) is 13.5. The Kier molecular flexibility index (Phi) is 5.04. The molecule has 0 atom stereocenters. The molecule has 0 saturated carbocycles. The molecule has 2 heterocycles. The number of rotatable bonds is 4. The van der Waals surface area contributed by atoms with Crippen LogP contribution in [0.2, 0.25) is 10.0 Å². The number of nitrogen functional groups attached to an aromatic ring is 1. The lowest BCUT2D eigenvalue weighted by molar-refractivity contribution is 0.761. The maximum Gasteiger partial charge on any atom is 0.166 e. The second-order valence-electron chi connectivity index (χ2n) is 6.07. The average Bonchev–Trinajstić information content (AvgIpc) is 3.07. The molecule has 0 aliphatic carbocycles. The minimum Gasteiger partial charge on any atom is -0.382 e. The van der Waals surface area contributed by atoms with Gasteiger partial charge in [-0.15, -0.1) is 0 Å². The highest BCUT2D eigenvalue weighted by Gasteiger charge is 2.20. The van der Waals surface area contributed by atoms with Gasteiger partial charge < -0.3 is 10.3 Å². The van der Waals surface area contributed by atoms with E-state index in [9.17, 15) is 0 Å². The summed E-state index contributed by atoms with van der Waals surface area (Å²) in [7, 11) is 0. The van der Waals surface area contributed by atoms with Crippen molar-refractivity contribution in [2.24, 2.45) is 0 Å². The predicted octanol–water partition coefficient (Wildman–Crippen LogP) is 5.07. The molecule has 2 aliphatic rings. The maximum absolute atomic E-state index is 6.30. The number of nitrogens with zero attached hydrogens (tertiary/aromatic N) is 4. The van der Waals surface area contributed by atoms with E-state index >= 15 is 0 Å². The summed E-state index contributed by atoms with van der Waals surface area (Å²) in [4.78, 5) is 13.5. The lowest BCUT2D eigenvalue weighted by Gasteiger charge is -2.13. The molecule has 0 amide bonds. The molecule has 0 saturated heterocycles. The summed E-state index contributed by atoms with van der Waals surface area (Å²) >= 11 is 16.0. The topological polar surface area (TPSA) is 69.6 Å². The summed E-state index contributed by atoms with van der Waals surface area (Å²) in [6.07, 6.45) is 2.24. The second-order valence-corrected chi connectivity index (χ2v) is 7.80. The molecule has 2 aromatic carbocycles. The highest BCUT2D eigenvalue weighted by atomic mass is 79.9. The number of halogens is 3. The van der Waals surface area contributed by atoms with Crippen molar-refractivity contribution in [3.05, 3.63) is 80.3 Å². The lowest BCUT2D eigenvalue weighted by atomic mass is 10.1. The fourth-order valence-corrected chi connectivity index (χ4v) is 3.61. The number of imidazole rings is 1. The second kappa shape index (κ2) is 7.46. The van der Waals surface area contributed by atoms with Crippen molar-refractivity contribution < 1.29 is 0 Å². The van der Waals surface area contributed by atoms with E-state index < -0.39 is 0 Å². The Morgan fingerprint density at radius 1 is 1.00 bits per heavy atom. The average molecular weight is 463 g/mol. The normalized spacial score (nSPS) is 11.2. The summed E-state index contributed by atoms with van der Waals surface area (Å²) in [6.45, 7) is 0.429. The Morgan fingerprint density at radius 2 is 1.70 bits per heavy atom. The lowest BCUT2D eigenvalue weighted by Crippen LogP contribution is -2.09. The molecular formula is C19H14BrCl2N5. The smallest absolute Gasteiger partial charge is 0.166 e. The van der Waals surface area contributed by atoms with Gasteiger partial charge in [-0.1, -0.05) is 57.3 Å². The van der Waals surface area contributed by atoms with Gasteiger partial charge in [-0.05, 0) is 29.8 Å². The van der Waals surface area contributed by atoms with Crippen LogP contribution in [-0.4, -0.2) is 19.5 Å². The van der Waals surface area contributed by atoms with E-state index in [0.717, 1.165) is 15.6 Å². The first kappa shape index (κ1) is 18.2. The van der Waals surface area contributed by atoms with E-state index in [0.29, 0.717) is 46.2 Å². The number of anilines is 1. The van der Waals surface area contributed by atoms with Crippen molar-refractivity contribution in [3.8, 4) is 11.5 Å². The SMILES string of the molecule is Nc1ncn(Cc2c(Cl)cccc2Cl)c2nc(Cc3ccc(Br)cc3)nc1-2. The van der Waals surface area contributed by atoms with Crippen molar-refractivity contribution in [2.45, 2.75) is 13.0 Å². The fourth-order valence-electron chi connectivity index (χ4n) is 2.83. The summed E-state index contributed by atoms with van der Waals surface area (Å²) in [5.74, 6) is 1.69. The van der Waals surface area contributed by atoms with E-state index in [2.05, 4.69) is 30.9 Å². The van der Waals surface area contributed by atoms with E-state index in [4.69, 9.17) is 28.9 Å². The van der Waals surface area contributed by atoms with Gasteiger partial charge in [0, 0.05) is 26.5 Å². The minimum atomic E-state index is 0.348. The van der Waals surface area contributed by atoms with Crippen molar-refractivity contribution in [1.29, 1.82) is 0 Å². The molecule has 2 aromatic rings. The Morgan fingerprint density at radius 3 is 2.41 bits per heavy atom. The zero-order valence-corrected chi connectivity index (χ0v) is 17.1. The predicted molar refractivity (Wildman–Crippen MR) is 111 cm³/mol. The van der Waals surface area contributed by atoms with Crippen LogP contribution in [0.4, 0.5) is 5.82 Å². The highest BCUT2D eigenvalue weighted by molar-refractivity contribution is 9.10. The van der Waals surface area contributed by atoms with E-state index in [1.807, 2.05) is 34.9 Å². The van der Waals surface area contributed by atoms with Crippen LogP contribution in [-0.2, 0) is 13.0 Å².